The molecule has 0 atom stereocenters. The molecule has 0 aliphatic carbocycles. The van der Waals surface area contributed by atoms with E-state index < -0.39 is 31.9 Å². The Morgan fingerprint density at radius 3 is 1.50 bits per heavy atom. The van der Waals surface area contributed by atoms with Crippen LogP contribution in [0.15, 0.2) is 0 Å². The summed E-state index contributed by atoms with van der Waals surface area (Å²) in [6.07, 6.45) is -1.31. The van der Waals surface area contributed by atoms with E-state index in [1.165, 1.54) is 35.0 Å². The fraction of sp³-hybridized carbons (Fsp3) is 0.667. The fourth-order valence-corrected chi connectivity index (χ4v) is 2.90. The Kier molecular flexibility index (Phi) is 5.66. The molecule has 0 bridgehead atoms. The number of hydrogen-bond donors (Lipinski definition) is 0. The van der Waals surface area contributed by atoms with E-state index in [9.17, 15) is 14.4 Å². The third-order valence-electron chi connectivity index (χ3n) is 1.98. The smallest absolute Gasteiger partial charge is 0.372 e. The molecule has 7 heteroatoms. The SMILES string of the molecule is CO[Si](OC)(OC(C(C)=O)C(C)=O)C(C)=O. The third kappa shape index (κ3) is 3.31. The maximum atomic E-state index is 11.4. The summed E-state index contributed by atoms with van der Waals surface area (Å²) in [4.78, 5) is 33.7. The highest BCUT2D eigenvalue weighted by Crippen LogP contribution is 2.13. The molecule has 0 heterocycles. The van der Waals surface area contributed by atoms with Crippen molar-refractivity contribution in [3.63, 3.8) is 0 Å². The van der Waals surface area contributed by atoms with Crippen LogP contribution < -0.4 is 0 Å². The number of ketones is 2. The molecule has 0 aliphatic heterocycles. The van der Waals surface area contributed by atoms with E-state index in [4.69, 9.17) is 13.3 Å². The Balaban J connectivity index is 5.06. The summed E-state index contributed by atoms with van der Waals surface area (Å²) in [5.41, 5.74) is 0. The molecule has 0 amide bonds. The Bertz CT molecular complexity index is 282. The average Bonchev–Trinajstić information content (AvgIpc) is 2.18. The molecule has 0 rings (SSSR count). The van der Waals surface area contributed by atoms with Gasteiger partial charge in [0.15, 0.2) is 23.1 Å². The molecule has 0 fully saturated rings. The van der Waals surface area contributed by atoms with Crippen LogP contribution in [-0.4, -0.2) is 46.1 Å². The first-order valence-electron chi connectivity index (χ1n) is 4.60. The lowest BCUT2D eigenvalue weighted by molar-refractivity contribution is -0.138. The minimum atomic E-state index is -3.59. The van der Waals surface area contributed by atoms with Crippen LogP contribution >= 0.6 is 0 Å². The van der Waals surface area contributed by atoms with Crippen LogP contribution in [0, 0.1) is 0 Å². The highest BCUT2D eigenvalue weighted by Gasteiger charge is 2.49. The van der Waals surface area contributed by atoms with Crippen LogP contribution in [0.5, 0.6) is 0 Å². The van der Waals surface area contributed by atoms with Crippen molar-refractivity contribution < 1.29 is 27.7 Å². The van der Waals surface area contributed by atoms with Crippen LogP contribution in [0.2, 0.25) is 0 Å². The second-order valence-corrected chi connectivity index (χ2v) is 6.11. The topological polar surface area (TPSA) is 78.9 Å². The Labute approximate surface area is 95.2 Å². The molecule has 0 aromatic heterocycles. The normalized spacial score (nSPS) is 11.6. The monoisotopic (exact) mass is 248 g/mol. The molecule has 0 aromatic rings. The van der Waals surface area contributed by atoms with Gasteiger partial charge in [-0.1, -0.05) is 0 Å². The van der Waals surface area contributed by atoms with Crippen LogP contribution in [-0.2, 0) is 27.7 Å². The van der Waals surface area contributed by atoms with Crippen LogP contribution in [0.25, 0.3) is 0 Å². The first-order chi connectivity index (χ1) is 7.30. The molecule has 0 radical (unpaired) electrons. The van der Waals surface area contributed by atoms with Crippen molar-refractivity contribution in [2.45, 2.75) is 26.9 Å². The van der Waals surface area contributed by atoms with Gasteiger partial charge in [-0.15, -0.1) is 0 Å². The van der Waals surface area contributed by atoms with Gasteiger partial charge in [0, 0.05) is 14.2 Å². The number of carbonyl (C=O) groups is 3. The van der Waals surface area contributed by atoms with Gasteiger partial charge in [0.25, 0.3) is 0 Å². The van der Waals surface area contributed by atoms with E-state index in [-0.39, 0.29) is 0 Å². The van der Waals surface area contributed by atoms with Gasteiger partial charge in [-0.25, -0.2) is 0 Å². The first kappa shape index (κ1) is 15.1. The maximum Gasteiger partial charge on any atom is 0.574 e. The van der Waals surface area contributed by atoms with E-state index in [1.54, 1.807) is 0 Å². The van der Waals surface area contributed by atoms with E-state index in [0.717, 1.165) is 0 Å². The number of Topliss-reactive ketones (excluding diaryl/α,β-unsaturated/α-hetero) is 2. The van der Waals surface area contributed by atoms with E-state index in [2.05, 4.69) is 0 Å². The van der Waals surface area contributed by atoms with Crippen molar-refractivity contribution in [1.82, 2.24) is 0 Å². The first-order valence-corrected chi connectivity index (χ1v) is 6.33. The highest BCUT2D eigenvalue weighted by atomic mass is 28.4. The van der Waals surface area contributed by atoms with Gasteiger partial charge < -0.3 is 13.3 Å². The molecule has 0 aliphatic rings. The lowest BCUT2D eigenvalue weighted by Gasteiger charge is -2.26. The van der Waals surface area contributed by atoms with E-state index in [0.29, 0.717) is 0 Å². The van der Waals surface area contributed by atoms with Gasteiger partial charge >= 0.3 is 8.80 Å². The summed E-state index contributed by atoms with van der Waals surface area (Å²) >= 11 is 0. The van der Waals surface area contributed by atoms with Gasteiger partial charge in [0.05, 0.1) is 0 Å². The predicted molar refractivity (Wildman–Crippen MR) is 56.7 cm³/mol. The second-order valence-electron chi connectivity index (χ2n) is 3.24. The molecule has 0 saturated heterocycles. The maximum absolute atomic E-state index is 11.4. The molecular weight excluding hydrogens is 232 g/mol. The fourth-order valence-electron chi connectivity index (χ4n) is 1.16. The van der Waals surface area contributed by atoms with E-state index >= 15 is 0 Å². The molecule has 92 valence electrons. The summed E-state index contributed by atoms with van der Waals surface area (Å²) in [6.45, 7) is 3.64. The predicted octanol–water partition coefficient (Wildman–Crippen LogP) is -0.0905. The minimum Gasteiger partial charge on any atom is -0.372 e. The summed E-state index contributed by atoms with van der Waals surface area (Å²) in [5.74, 6) is -0.973. The van der Waals surface area contributed by atoms with Crippen LogP contribution in [0.4, 0.5) is 0 Å². The van der Waals surface area contributed by atoms with Gasteiger partial charge in [-0.2, -0.15) is 0 Å². The molecule has 0 unspecified atom stereocenters. The average molecular weight is 248 g/mol. The Hall–Kier alpha value is -0.893. The number of rotatable bonds is 7. The van der Waals surface area contributed by atoms with Gasteiger partial charge in [-0.05, 0) is 20.8 Å². The van der Waals surface area contributed by atoms with Crippen molar-refractivity contribution in [3.05, 3.63) is 0 Å². The molecular formula is C9H16O6Si. The van der Waals surface area contributed by atoms with Crippen molar-refractivity contribution in [2.24, 2.45) is 0 Å². The zero-order valence-corrected chi connectivity index (χ0v) is 11.0. The van der Waals surface area contributed by atoms with Gasteiger partial charge in [0.2, 0.25) is 0 Å². The molecule has 0 spiro atoms. The summed E-state index contributed by atoms with van der Waals surface area (Å²) in [5, 5.41) is -0.454. The standard InChI is InChI=1S/C9H16O6Si/c1-6(10)9(7(2)11)15-16(13-4,14-5)8(3)12/h9H,1-5H3. The lowest BCUT2D eigenvalue weighted by Crippen LogP contribution is -2.55. The molecule has 16 heavy (non-hydrogen) atoms. The van der Waals surface area contributed by atoms with Gasteiger partial charge in [-0.3, -0.25) is 14.4 Å². The number of hydrogen-bond acceptors (Lipinski definition) is 6. The van der Waals surface area contributed by atoms with Crippen molar-refractivity contribution in [1.29, 1.82) is 0 Å². The van der Waals surface area contributed by atoms with Crippen LogP contribution in [0.1, 0.15) is 20.8 Å². The van der Waals surface area contributed by atoms with Crippen molar-refractivity contribution in [2.75, 3.05) is 14.2 Å². The molecule has 0 aromatic carbocycles. The van der Waals surface area contributed by atoms with Crippen molar-refractivity contribution in [3.8, 4) is 0 Å². The number of carbonyl (C=O) groups excluding carboxylic acids is 3. The summed E-state index contributed by atoms with van der Waals surface area (Å²) < 4.78 is 15.0. The highest BCUT2D eigenvalue weighted by molar-refractivity contribution is 6.92. The molecule has 0 saturated carbocycles. The van der Waals surface area contributed by atoms with Gasteiger partial charge in [0.1, 0.15) is 0 Å². The van der Waals surface area contributed by atoms with Crippen LogP contribution in [0.3, 0.4) is 0 Å². The quantitative estimate of drug-likeness (QED) is 0.463. The zero-order valence-electron chi connectivity index (χ0n) is 10.0. The molecule has 0 N–H and O–H groups in total. The van der Waals surface area contributed by atoms with Crippen molar-refractivity contribution >= 4 is 25.8 Å². The lowest BCUT2D eigenvalue weighted by atomic mass is 10.2. The molecule has 6 nitrogen and oxygen atoms in total. The largest absolute Gasteiger partial charge is 0.574 e. The third-order valence-corrected chi connectivity index (χ3v) is 4.46. The second kappa shape index (κ2) is 5.99. The Morgan fingerprint density at radius 2 is 1.31 bits per heavy atom. The Morgan fingerprint density at radius 1 is 0.938 bits per heavy atom. The summed E-state index contributed by atoms with van der Waals surface area (Å²) in [6, 6.07) is 0. The zero-order chi connectivity index (χ0) is 12.9. The van der Waals surface area contributed by atoms with E-state index in [1.807, 2.05) is 0 Å². The minimum absolute atomic E-state index is 0.454. The summed E-state index contributed by atoms with van der Waals surface area (Å²) in [7, 11) is -1.10.